The van der Waals surface area contributed by atoms with Crippen molar-refractivity contribution in [2.45, 2.75) is 10.3 Å². The Kier molecular flexibility index (Phi) is 2.15. The molecular formula is C7H9NO3S2. The van der Waals surface area contributed by atoms with E-state index < -0.39 is 16.1 Å². The van der Waals surface area contributed by atoms with E-state index in [0.717, 1.165) is 0 Å². The van der Waals surface area contributed by atoms with Gasteiger partial charge in [0.15, 0.2) is 0 Å². The summed E-state index contributed by atoms with van der Waals surface area (Å²) < 4.78 is 24.9. The van der Waals surface area contributed by atoms with E-state index in [-0.39, 0.29) is 13.1 Å². The van der Waals surface area contributed by atoms with Crippen molar-refractivity contribution in [1.29, 1.82) is 0 Å². The predicted octanol–water partition coefficient (Wildman–Crippen LogP) is 0.113. The highest BCUT2D eigenvalue weighted by atomic mass is 32.2. The maximum Gasteiger partial charge on any atom is 0.252 e. The van der Waals surface area contributed by atoms with Crippen molar-refractivity contribution in [1.82, 2.24) is 4.31 Å². The number of sulfonamides is 1. The lowest BCUT2D eigenvalue weighted by molar-refractivity contribution is 0.0549. The molecule has 6 heteroatoms. The Hall–Kier alpha value is -0.430. The van der Waals surface area contributed by atoms with E-state index in [1.165, 1.54) is 15.6 Å². The van der Waals surface area contributed by atoms with E-state index in [0.29, 0.717) is 4.21 Å². The van der Waals surface area contributed by atoms with Gasteiger partial charge in [-0.2, -0.15) is 4.31 Å². The Bertz CT molecular complexity index is 378. The summed E-state index contributed by atoms with van der Waals surface area (Å²) in [6.45, 7) is 0.445. The van der Waals surface area contributed by atoms with Crippen molar-refractivity contribution in [3.8, 4) is 0 Å². The maximum atomic E-state index is 11.6. The molecule has 0 atom stereocenters. The number of aliphatic hydroxyl groups excluding tert-OH is 1. The molecule has 1 aliphatic rings. The van der Waals surface area contributed by atoms with Crippen molar-refractivity contribution in [3.05, 3.63) is 17.5 Å². The molecule has 4 nitrogen and oxygen atoms in total. The Morgan fingerprint density at radius 2 is 2.23 bits per heavy atom. The van der Waals surface area contributed by atoms with Crippen LogP contribution >= 0.6 is 11.3 Å². The molecule has 0 saturated carbocycles. The molecule has 2 heterocycles. The molecule has 72 valence electrons. The van der Waals surface area contributed by atoms with E-state index in [1.54, 1.807) is 17.5 Å². The van der Waals surface area contributed by atoms with Crippen LogP contribution in [0.3, 0.4) is 0 Å². The van der Waals surface area contributed by atoms with Crippen molar-refractivity contribution in [3.63, 3.8) is 0 Å². The second-order valence-corrected chi connectivity index (χ2v) is 6.02. The molecule has 0 aliphatic carbocycles. The van der Waals surface area contributed by atoms with Gasteiger partial charge in [0.2, 0.25) is 0 Å². The maximum absolute atomic E-state index is 11.6. The number of rotatable bonds is 2. The first kappa shape index (κ1) is 9.14. The standard InChI is InChI=1S/C7H9NO3S2/c9-6-4-8(5-6)13(10,11)7-2-1-3-12-7/h1-3,6,9H,4-5H2. The zero-order chi connectivity index (χ0) is 9.47. The third-order valence-corrected chi connectivity index (χ3v) is 5.12. The van der Waals surface area contributed by atoms with Gasteiger partial charge in [-0.3, -0.25) is 0 Å². The normalized spacial score (nSPS) is 20.1. The largest absolute Gasteiger partial charge is 0.390 e. The number of hydrogen-bond acceptors (Lipinski definition) is 4. The summed E-state index contributed by atoms with van der Waals surface area (Å²) in [5.41, 5.74) is 0. The molecule has 1 N–H and O–H groups in total. The van der Waals surface area contributed by atoms with Crippen molar-refractivity contribution in [2.24, 2.45) is 0 Å². The van der Waals surface area contributed by atoms with Gasteiger partial charge >= 0.3 is 0 Å². The van der Waals surface area contributed by atoms with Gasteiger partial charge in [0.25, 0.3) is 10.0 Å². The van der Waals surface area contributed by atoms with Crippen LogP contribution in [0.1, 0.15) is 0 Å². The summed E-state index contributed by atoms with van der Waals surface area (Å²) in [4.78, 5) is 0. The third kappa shape index (κ3) is 1.50. The van der Waals surface area contributed by atoms with Crippen LogP contribution in [-0.4, -0.2) is 37.0 Å². The Labute approximate surface area is 80.5 Å². The fourth-order valence-electron chi connectivity index (χ4n) is 1.15. The van der Waals surface area contributed by atoms with Gasteiger partial charge in [-0.05, 0) is 11.4 Å². The fraction of sp³-hybridized carbons (Fsp3) is 0.429. The summed E-state index contributed by atoms with van der Waals surface area (Å²) in [5, 5.41) is 10.7. The summed E-state index contributed by atoms with van der Waals surface area (Å²) in [5.74, 6) is 0. The van der Waals surface area contributed by atoms with Gasteiger partial charge in [0.1, 0.15) is 4.21 Å². The Balaban J connectivity index is 2.23. The van der Waals surface area contributed by atoms with Crippen LogP contribution in [-0.2, 0) is 10.0 Å². The Morgan fingerprint density at radius 3 is 2.69 bits per heavy atom. The monoisotopic (exact) mass is 219 g/mol. The minimum atomic E-state index is -3.30. The molecule has 1 fully saturated rings. The average Bonchev–Trinajstić information content (AvgIpc) is 2.50. The van der Waals surface area contributed by atoms with Gasteiger partial charge in [0.05, 0.1) is 6.10 Å². The van der Waals surface area contributed by atoms with Crippen LogP contribution in [0.15, 0.2) is 21.7 Å². The number of nitrogens with zero attached hydrogens (tertiary/aromatic N) is 1. The summed E-state index contributed by atoms with van der Waals surface area (Å²) in [6, 6.07) is 3.28. The van der Waals surface area contributed by atoms with Crippen molar-refractivity contribution < 1.29 is 13.5 Å². The summed E-state index contributed by atoms with van der Waals surface area (Å²) in [6.07, 6.45) is -0.491. The molecule has 0 aromatic carbocycles. The van der Waals surface area contributed by atoms with Crippen LogP contribution in [0.5, 0.6) is 0 Å². The van der Waals surface area contributed by atoms with Crippen LogP contribution in [0, 0.1) is 0 Å². The molecule has 1 aliphatic heterocycles. The van der Waals surface area contributed by atoms with Crippen molar-refractivity contribution in [2.75, 3.05) is 13.1 Å². The van der Waals surface area contributed by atoms with E-state index in [9.17, 15) is 8.42 Å². The van der Waals surface area contributed by atoms with Gasteiger partial charge in [0, 0.05) is 13.1 Å². The fourth-order valence-corrected chi connectivity index (χ4v) is 3.81. The van der Waals surface area contributed by atoms with E-state index in [2.05, 4.69) is 0 Å². The van der Waals surface area contributed by atoms with Crippen LogP contribution < -0.4 is 0 Å². The molecule has 0 bridgehead atoms. The number of hydrogen-bond donors (Lipinski definition) is 1. The van der Waals surface area contributed by atoms with Crippen LogP contribution in [0.2, 0.25) is 0 Å². The highest BCUT2D eigenvalue weighted by Crippen LogP contribution is 2.24. The molecule has 0 radical (unpaired) electrons. The highest BCUT2D eigenvalue weighted by molar-refractivity contribution is 7.91. The first-order valence-corrected chi connectivity index (χ1v) is 6.14. The molecular weight excluding hydrogens is 210 g/mol. The van der Waals surface area contributed by atoms with Gasteiger partial charge in [-0.25, -0.2) is 8.42 Å². The second kappa shape index (κ2) is 3.06. The number of β-amino-alcohol motifs (C(OH)–C–C–N with tert-alkyl or cyclic N) is 1. The molecule has 1 aromatic rings. The zero-order valence-corrected chi connectivity index (χ0v) is 8.38. The molecule has 0 spiro atoms. The van der Waals surface area contributed by atoms with E-state index in [4.69, 9.17) is 5.11 Å². The number of aliphatic hydroxyl groups is 1. The highest BCUT2D eigenvalue weighted by Gasteiger charge is 2.35. The smallest absolute Gasteiger partial charge is 0.252 e. The predicted molar refractivity (Wildman–Crippen MR) is 49.1 cm³/mol. The molecule has 0 amide bonds. The van der Waals surface area contributed by atoms with Gasteiger partial charge < -0.3 is 5.11 Å². The molecule has 1 aromatic heterocycles. The quantitative estimate of drug-likeness (QED) is 0.768. The minimum absolute atomic E-state index is 0.222. The SMILES string of the molecule is O=S(=O)(c1cccs1)N1CC(O)C1. The minimum Gasteiger partial charge on any atom is -0.390 e. The van der Waals surface area contributed by atoms with Crippen LogP contribution in [0.4, 0.5) is 0 Å². The lowest BCUT2D eigenvalue weighted by Crippen LogP contribution is -2.53. The van der Waals surface area contributed by atoms with Gasteiger partial charge in [-0.1, -0.05) is 6.07 Å². The van der Waals surface area contributed by atoms with Gasteiger partial charge in [-0.15, -0.1) is 11.3 Å². The van der Waals surface area contributed by atoms with E-state index >= 15 is 0 Å². The zero-order valence-electron chi connectivity index (χ0n) is 6.75. The first-order valence-electron chi connectivity index (χ1n) is 3.82. The van der Waals surface area contributed by atoms with Crippen molar-refractivity contribution >= 4 is 21.4 Å². The molecule has 13 heavy (non-hydrogen) atoms. The molecule has 2 rings (SSSR count). The lowest BCUT2D eigenvalue weighted by atomic mass is 10.2. The lowest BCUT2D eigenvalue weighted by Gasteiger charge is -2.33. The summed E-state index contributed by atoms with van der Waals surface area (Å²) in [7, 11) is -3.30. The average molecular weight is 219 g/mol. The second-order valence-electron chi connectivity index (χ2n) is 2.91. The first-order chi connectivity index (χ1) is 6.10. The Morgan fingerprint density at radius 1 is 1.54 bits per heavy atom. The molecule has 1 saturated heterocycles. The summed E-state index contributed by atoms with van der Waals surface area (Å²) >= 11 is 1.20. The third-order valence-electron chi connectivity index (χ3n) is 1.92. The molecule has 0 unspecified atom stereocenters. The van der Waals surface area contributed by atoms with Crippen LogP contribution in [0.25, 0.3) is 0 Å². The van der Waals surface area contributed by atoms with E-state index in [1.807, 2.05) is 0 Å². The topological polar surface area (TPSA) is 57.6 Å². The number of thiophene rings is 1.